The lowest BCUT2D eigenvalue weighted by molar-refractivity contribution is -0.137. The molecule has 0 saturated heterocycles. The number of benzene rings is 2. The van der Waals surface area contributed by atoms with E-state index in [-0.39, 0.29) is 17.9 Å². The highest BCUT2D eigenvalue weighted by molar-refractivity contribution is 5.97. The molecule has 1 amide bonds. The number of hydrogen-bond acceptors (Lipinski definition) is 3. The van der Waals surface area contributed by atoms with Crippen LogP contribution in [0.1, 0.15) is 61.6 Å². The highest BCUT2D eigenvalue weighted by Gasteiger charge is 2.46. The minimum absolute atomic E-state index is 0.169. The molecule has 1 saturated carbocycles. The fraction of sp³-hybridized carbons (Fsp3) is 0.292. The van der Waals surface area contributed by atoms with Crippen LogP contribution in [0.4, 0.5) is 13.2 Å². The molecule has 0 bridgehead atoms. The number of carboxylic acids is 1. The molecular weight excluding hydrogens is 435 g/mol. The van der Waals surface area contributed by atoms with Gasteiger partial charge in [-0.15, -0.1) is 0 Å². The van der Waals surface area contributed by atoms with Crippen LogP contribution in [0.3, 0.4) is 0 Å². The van der Waals surface area contributed by atoms with Crippen LogP contribution in [-0.2, 0) is 25.2 Å². The molecule has 2 N–H and O–H groups in total. The van der Waals surface area contributed by atoms with Crippen molar-refractivity contribution in [2.45, 2.75) is 37.9 Å². The van der Waals surface area contributed by atoms with E-state index in [9.17, 15) is 22.8 Å². The van der Waals surface area contributed by atoms with Crippen molar-refractivity contribution >= 4 is 11.9 Å². The number of aryl methyl sites for hydroxylation is 1. The minimum atomic E-state index is -4.41. The van der Waals surface area contributed by atoms with E-state index in [1.54, 1.807) is 30.8 Å². The Bertz CT molecular complexity index is 1210. The second-order valence-electron chi connectivity index (χ2n) is 8.32. The molecule has 1 aliphatic rings. The standard InChI is InChI=1S/C24H22F3N3O3/c1-14-20(19(29-30(14)2)13-15-3-7-18(8-4-15)24(25,26)27)21(31)28-23(11-12-23)17-9-5-16(6-10-17)22(32)33/h3-10H,11-13H2,1-2H3,(H,28,31)(H,32,33). The molecule has 1 aliphatic carbocycles. The number of amides is 1. The fourth-order valence-electron chi connectivity index (χ4n) is 3.92. The van der Waals surface area contributed by atoms with E-state index in [0.29, 0.717) is 22.5 Å². The van der Waals surface area contributed by atoms with Gasteiger partial charge in [0.2, 0.25) is 0 Å². The second-order valence-corrected chi connectivity index (χ2v) is 8.32. The van der Waals surface area contributed by atoms with E-state index in [0.717, 1.165) is 30.5 Å². The predicted molar refractivity (Wildman–Crippen MR) is 114 cm³/mol. The summed E-state index contributed by atoms with van der Waals surface area (Å²) in [5.41, 5.74) is 1.82. The van der Waals surface area contributed by atoms with Gasteiger partial charge in [0.15, 0.2) is 0 Å². The van der Waals surface area contributed by atoms with Crippen molar-refractivity contribution in [3.63, 3.8) is 0 Å². The van der Waals surface area contributed by atoms with Gasteiger partial charge in [0.1, 0.15) is 0 Å². The molecule has 1 fully saturated rings. The van der Waals surface area contributed by atoms with Gasteiger partial charge < -0.3 is 10.4 Å². The number of aromatic carboxylic acids is 1. The third-order valence-electron chi connectivity index (χ3n) is 6.07. The summed E-state index contributed by atoms with van der Waals surface area (Å²) >= 11 is 0. The van der Waals surface area contributed by atoms with Crippen LogP contribution in [0.2, 0.25) is 0 Å². The van der Waals surface area contributed by atoms with E-state index in [1.807, 2.05) is 0 Å². The van der Waals surface area contributed by atoms with Crippen LogP contribution in [0, 0.1) is 6.92 Å². The molecule has 4 rings (SSSR count). The maximum Gasteiger partial charge on any atom is 0.416 e. The summed E-state index contributed by atoms with van der Waals surface area (Å²) in [6.45, 7) is 1.76. The number of hydrogen-bond donors (Lipinski definition) is 2. The zero-order valence-electron chi connectivity index (χ0n) is 18.0. The molecule has 0 radical (unpaired) electrons. The summed E-state index contributed by atoms with van der Waals surface area (Å²) in [5.74, 6) is -1.34. The highest BCUT2D eigenvalue weighted by atomic mass is 19.4. The van der Waals surface area contributed by atoms with Crippen LogP contribution < -0.4 is 5.32 Å². The lowest BCUT2D eigenvalue weighted by atomic mass is 10.0. The molecule has 3 aromatic rings. The highest BCUT2D eigenvalue weighted by Crippen LogP contribution is 2.46. The summed E-state index contributed by atoms with van der Waals surface area (Å²) in [4.78, 5) is 24.4. The molecule has 6 nitrogen and oxygen atoms in total. The molecule has 0 atom stereocenters. The number of halogens is 3. The number of carbonyl (C=O) groups is 2. The van der Waals surface area contributed by atoms with Gasteiger partial charge >= 0.3 is 12.1 Å². The molecule has 0 spiro atoms. The number of carbonyl (C=O) groups excluding carboxylic acids is 1. The third-order valence-corrected chi connectivity index (χ3v) is 6.07. The molecule has 9 heteroatoms. The van der Waals surface area contributed by atoms with Crippen molar-refractivity contribution in [1.82, 2.24) is 15.1 Å². The van der Waals surface area contributed by atoms with Gasteiger partial charge in [-0.1, -0.05) is 24.3 Å². The Balaban J connectivity index is 1.57. The number of alkyl halides is 3. The fourth-order valence-corrected chi connectivity index (χ4v) is 3.92. The van der Waals surface area contributed by atoms with E-state index >= 15 is 0 Å². The largest absolute Gasteiger partial charge is 0.478 e. The molecule has 0 aliphatic heterocycles. The van der Waals surface area contributed by atoms with Crippen LogP contribution in [0.25, 0.3) is 0 Å². The molecule has 172 valence electrons. The Hall–Kier alpha value is -3.62. The summed E-state index contributed by atoms with van der Waals surface area (Å²) in [6, 6.07) is 11.2. The average molecular weight is 457 g/mol. The quantitative estimate of drug-likeness (QED) is 0.573. The normalized spacial score (nSPS) is 14.7. The molecule has 0 unspecified atom stereocenters. The van der Waals surface area contributed by atoms with Crippen molar-refractivity contribution in [2.75, 3.05) is 0 Å². The Morgan fingerprint density at radius 2 is 1.70 bits per heavy atom. The number of nitrogens with zero attached hydrogens (tertiary/aromatic N) is 2. The van der Waals surface area contributed by atoms with Crippen molar-refractivity contribution in [3.8, 4) is 0 Å². The molecule has 33 heavy (non-hydrogen) atoms. The predicted octanol–water partition coefficient (Wildman–Crippen LogP) is 4.46. The van der Waals surface area contributed by atoms with Gasteiger partial charge in [-0.3, -0.25) is 9.48 Å². The number of rotatable bonds is 6. The summed E-state index contributed by atoms with van der Waals surface area (Å²) < 4.78 is 40.1. The first-order valence-corrected chi connectivity index (χ1v) is 10.4. The Morgan fingerprint density at radius 3 is 2.21 bits per heavy atom. The summed E-state index contributed by atoms with van der Waals surface area (Å²) in [5, 5.41) is 16.6. The maximum absolute atomic E-state index is 13.3. The zero-order chi connectivity index (χ0) is 24.0. The van der Waals surface area contributed by atoms with Crippen LogP contribution >= 0.6 is 0 Å². The minimum Gasteiger partial charge on any atom is -0.478 e. The lowest BCUT2D eigenvalue weighted by Crippen LogP contribution is -2.35. The molecule has 1 aromatic heterocycles. The Kier molecular flexibility index (Phi) is 5.51. The Labute approximate surface area is 188 Å². The lowest BCUT2D eigenvalue weighted by Gasteiger charge is -2.19. The average Bonchev–Trinajstić information content (AvgIpc) is 3.48. The van der Waals surface area contributed by atoms with Crippen LogP contribution in [-0.4, -0.2) is 26.8 Å². The SMILES string of the molecule is Cc1c(C(=O)NC2(c3ccc(C(=O)O)cc3)CC2)c(Cc2ccc(C(F)(F)F)cc2)nn1C. The first kappa shape index (κ1) is 22.6. The smallest absolute Gasteiger partial charge is 0.416 e. The van der Waals surface area contributed by atoms with E-state index in [1.165, 1.54) is 24.3 Å². The molecular formula is C24H22F3N3O3. The zero-order valence-corrected chi connectivity index (χ0v) is 18.0. The Morgan fingerprint density at radius 1 is 1.09 bits per heavy atom. The van der Waals surface area contributed by atoms with E-state index in [2.05, 4.69) is 10.4 Å². The van der Waals surface area contributed by atoms with E-state index in [4.69, 9.17) is 5.11 Å². The second kappa shape index (κ2) is 8.06. The van der Waals surface area contributed by atoms with Gasteiger partial charge in [0.25, 0.3) is 5.91 Å². The topological polar surface area (TPSA) is 84.2 Å². The van der Waals surface area contributed by atoms with Gasteiger partial charge in [0.05, 0.1) is 27.9 Å². The van der Waals surface area contributed by atoms with Crippen LogP contribution in [0.5, 0.6) is 0 Å². The van der Waals surface area contributed by atoms with Crippen LogP contribution in [0.15, 0.2) is 48.5 Å². The van der Waals surface area contributed by atoms with Gasteiger partial charge in [-0.2, -0.15) is 18.3 Å². The number of nitrogens with one attached hydrogen (secondary N) is 1. The van der Waals surface area contributed by atoms with E-state index < -0.39 is 23.2 Å². The van der Waals surface area contributed by atoms with Gasteiger partial charge in [-0.25, -0.2) is 4.79 Å². The van der Waals surface area contributed by atoms with Crippen molar-refractivity contribution in [1.29, 1.82) is 0 Å². The summed E-state index contributed by atoms with van der Waals surface area (Å²) in [6.07, 6.45) is -2.76. The molecule has 1 heterocycles. The van der Waals surface area contributed by atoms with Gasteiger partial charge in [-0.05, 0) is 55.2 Å². The monoisotopic (exact) mass is 457 g/mol. The van der Waals surface area contributed by atoms with Gasteiger partial charge in [0, 0.05) is 19.2 Å². The molecule has 2 aromatic carbocycles. The maximum atomic E-state index is 13.3. The van der Waals surface area contributed by atoms with Crippen molar-refractivity contribution < 1.29 is 27.9 Å². The number of carboxylic acid groups (broad SMARTS) is 1. The third kappa shape index (κ3) is 4.48. The van der Waals surface area contributed by atoms with Crippen molar-refractivity contribution in [3.05, 3.63) is 87.7 Å². The van der Waals surface area contributed by atoms with Crippen molar-refractivity contribution in [2.24, 2.45) is 7.05 Å². The first-order valence-electron chi connectivity index (χ1n) is 10.4. The number of aromatic nitrogens is 2. The first-order chi connectivity index (χ1) is 15.5. The summed E-state index contributed by atoms with van der Waals surface area (Å²) in [7, 11) is 1.71.